The first-order valence-corrected chi connectivity index (χ1v) is 12.0. The van der Waals surface area contributed by atoms with Crippen molar-refractivity contribution in [1.29, 1.82) is 0 Å². The molecule has 0 spiro atoms. The number of rotatable bonds is 11. The fourth-order valence-electron chi connectivity index (χ4n) is 3.66. The van der Waals surface area contributed by atoms with Crippen molar-refractivity contribution in [2.45, 2.75) is 64.5 Å². The van der Waals surface area contributed by atoms with Crippen molar-refractivity contribution in [2.75, 3.05) is 27.4 Å². The van der Waals surface area contributed by atoms with Crippen LogP contribution in [-0.2, 0) is 14.2 Å². The molecule has 0 aliphatic carbocycles. The van der Waals surface area contributed by atoms with Gasteiger partial charge in [0.2, 0.25) is 0 Å². The lowest BCUT2D eigenvalue weighted by Crippen LogP contribution is -2.48. The first kappa shape index (κ1) is 27.4. The molecule has 0 amide bonds. The highest BCUT2D eigenvalue weighted by Crippen LogP contribution is 2.28. The standard InChI is InChI=1S/C20H30N4O2.C6H12O/c1-4-5-14-22-24-23-19(21)18-9-7-6-8-17(18)15-10-12-16(13-11-15)20(25-2)26-3;1-6-4-2-3-5-7-6/h6-13,19-20,22-24H,4-5,14,21H2,1-3H3;6H,2-5H2,1H3. The molecule has 7 heteroatoms. The largest absolute Gasteiger partial charge is 0.379 e. The van der Waals surface area contributed by atoms with E-state index in [0.717, 1.165) is 48.2 Å². The first-order valence-electron chi connectivity index (χ1n) is 12.0. The fraction of sp³-hybridized carbons (Fsp3) is 0.538. The van der Waals surface area contributed by atoms with Crippen LogP contribution in [0.15, 0.2) is 48.5 Å². The minimum absolute atomic E-state index is 0.342. The quantitative estimate of drug-likeness (QED) is 0.223. The lowest BCUT2D eigenvalue weighted by atomic mass is 9.97. The summed E-state index contributed by atoms with van der Waals surface area (Å²) >= 11 is 0. The van der Waals surface area contributed by atoms with E-state index in [9.17, 15) is 0 Å². The van der Waals surface area contributed by atoms with Crippen molar-refractivity contribution in [2.24, 2.45) is 5.73 Å². The van der Waals surface area contributed by atoms with Crippen LogP contribution in [0, 0.1) is 0 Å². The van der Waals surface area contributed by atoms with Crippen LogP contribution >= 0.6 is 0 Å². The maximum absolute atomic E-state index is 6.32. The fourth-order valence-corrected chi connectivity index (χ4v) is 3.66. The first-order chi connectivity index (χ1) is 16.1. The summed E-state index contributed by atoms with van der Waals surface area (Å²) < 4.78 is 15.9. The molecule has 5 N–H and O–H groups in total. The van der Waals surface area contributed by atoms with Gasteiger partial charge in [-0.3, -0.25) is 0 Å². The number of unbranched alkanes of at least 4 members (excludes halogenated alkanes) is 1. The van der Waals surface area contributed by atoms with Crippen LogP contribution in [0.3, 0.4) is 0 Å². The second-order valence-corrected chi connectivity index (χ2v) is 8.22. The Morgan fingerprint density at radius 3 is 2.36 bits per heavy atom. The van der Waals surface area contributed by atoms with Gasteiger partial charge in [0.25, 0.3) is 0 Å². The van der Waals surface area contributed by atoms with Crippen LogP contribution in [0.25, 0.3) is 11.1 Å². The van der Waals surface area contributed by atoms with Gasteiger partial charge in [-0.2, -0.15) is 5.53 Å². The Bertz CT molecular complexity index is 762. The zero-order valence-corrected chi connectivity index (χ0v) is 20.6. The SMILES string of the molecule is CC1CCCCO1.CCCCNNNC(N)c1ccccc1-c1ccc(C(OC)OC)cc1. The lowest BCUT2D eigenvalue weighted by Gasteiger charge is -2.19. The van der Waals surface area contributed by atoms with Gasteiger partial charge < -0.3 is 19.9 Å². The predicted octanol–water partition coefficient (Wildman–Crippen LogP) is 4.58. The summed E-state index contributed by atoms with van der Waals surface area (Å²) in [5.41, 5.74) is 19.7. The van der Waals surface area contributed by atoms with Crippen molar-refractivity contribution in [1.82, 2.24) is 16.4 Å². The summed E-state index contributed by atoms with van der Waals surface area (Å²) in [7, 11) is 3.26. The summed E-state index contributed by atoms with van der Waals surface area (Å²) in [4.78, 5) is 0. The van der Waals surface area contributed by atoms with Crippen molar-refractivity contribution in [3.63, 3.8) is 0 Å². The van der Waals surface area contributed by atoms with Crippen LogP contribution < -0.4 is 22.1 Å². The maximum atomic E-state index is 6.32. The highest BCUT2D eigenvalue weighted by molar-refractivity contribution is 5.68. The molecule has 1 heterocycles. The number of hydrogen-bond donors (Lipinski definition) is 4. The van der Waals surface area contributed by atoms with Gasteiger partial charge in [0.1, 0.15) is 0 Å². The molecule has 3 rings (SSSR count). The van der Waals surface area contributed by atoms with Crippen LogP contribution in [0.2, 0.25) is 0 Å². The second kappa shape index (κ2) is 15.9. The Labute approximate surface area is 199 Å². The molecule has 1 fully saturated rings. The van der Waals surface area contributed by atoms with E-state index < -0.39 is 0 Å². The Morgan fingerprint density at radius 1 is 1.06 bits per heavy atom. The van der Waals surface area contributed by atoms with Crippen molar-refractivity contribution in [3.05, 3.63) is 59.7 Å². The molecule has 2 unspecified atom stereocenters. The van der Waals surface area contributed by atoms with E-state index in [1.165, 1.54) is 19.3 Å². The molecular formula is C26H42N4O3. The number of hydrazine groups is 2. The van der Waals surface area contributed by atoms with E-state index in [1.807, 2.05) is 30.3 Å². The number of methoxy groups -OCH3 is 2. The van der Waals surface area contributed by atoms with Crippen LogP contribution in [0.4, 0.5) is 0 Å². The van der Waals surface area contributed by atoms with Crippen molar-refractivity contribution < 1.29 is 14.2 Å². The van der Waals surface area contributed by atoms with Crippen LogP contribution in [-0.4, -0.2) is 33.5 Å². The topological polar surface area (TPSA) is 89.8 Å². The minimum atomic E-state index is -0.360. The Balaban J connectivity index is 0.000000468. The van der Waals surface area contributed by atoms with E-state index in [0.29, 0.717) is 6.10 Å². The number of benzene rings is 2. The summed E-state index contributed by atoms with van der Waals surface area (Å²) in [6, 6.07) is 16.2. The number of ether oxygens (including phenoxy) is 3. The number of nitrogens with one attached hydrogen (secondary N) is 3. The minimum Gasteiger partial charge on any atom is -0.379 e. The molecule has 2 aromatic carbocycles. The zero-order valence-electron chi connectivity index (χ0n) is 20.6. The van der Waals surface area contributed by atoms with E-state index in [2.05, 4.69) is 48.4 Å². The van der Waals surface area contributed by atoms with Crippen LogP contribution in [0.1, 0.15) is 69.5 Å². The normalized spacial score (nSPS) is 16.8. The smallest absolute Gasteiger partial charge is 0.183 e. The Morgan fingerprint density at radius 2 is 1.79 bits per heavy atom. The van der Waals surface area contributed by atoms with Gasteiger partial charge in [-0.15, -0.1) is 0 Å². The van der Waals surface area contributed by atoms with Gasteiger partial charge in [-0.25, -0.2) is 10.9 Å². The monoisotopic (exact) mass is 458 g/mol. The molecule has 184 valence electrons. The Hall–Kier alpha value is -1.84. The van der Waals surface area contributed by atoms with Crippen LogP contribution in [0.5, 0.6) is 0 Å². The summed E-state index contributed by atoms with van der Waals surface area (Å²) in [6.45, 7) is 6.17. The van der Waals surface area contributed by atoms with Gasteiger partial charge in [0, 0.05) is 32.9 Å². The molecule has 7 nitrogen and oxygen atoms in total. The molecule has 0 bridgehead atoms. The zero-order chi connectivity index (χ0) is 23.9. The highest BCUT2D eigenvalue weighted by Gasteiger charge is 2.13. The summed E-state index contributed by atoms with van der Waals surface area (Å²) in [5.74, 6) is 0. The third-order valence-corrected chi connectivity index (χ3v) is 5.60. The summed E-state index contributed by atoms with van der Waals surface area (Å²) in [5, 5.41) is 0. The molecule has 2 atom stereocenters. The third-order valence-electron chi connectivity index (χ3n) is 5.60. The lowest BCUT2D eigenvalue weighted by molar-refractivity contribution is -0.106. The van der Waals surface area contributed by atoms with Gasteiger partial charge in [0.15, 0.2) is 6.29 Å². The molecule has 0 radical (unpaired) electrons. The molecule has 1 aliphatic heterocycles. The molecule has 33 heavy (non-hydrogen) atoms. The Kier molecular flexibility index (Phi) is 13.2. The molecule has 0 aromatic heterocycles. The molecule has 1 aliphatic rings. The van der Waals surface area contributed by atoms with Crippen molar-refractivity contribution in [3.8, 4) is 11.1 Å². The van der Waals surface area contributed by atoms with E-state index in [-0.39, 0.29) is 12.5 Å². The highest BCUT2D eigenvalue weighted by atomic mass is 16.7. The average molecular weight is 459 g/mol. The predicted molar refractivity (Wildman–Crippen MR) is 134 cm³/mol. The molecule has 0 saturated carbocycles. The van der Waals surface area contributed by atoms with E-state index in [4.69, 9.17) is 19.9 Å². The molecule has 2 aromatic rings. The molecule has 1 saturated heterocycles. The number of hydrogen-bond acceptors (Lipinski definition) is 7. The molecular weight excluding hydrogens is 416 g/mol. The third kappa shape index (κ3) is 9.51. The van der Waals surface area contributed by atoms with Gasteiger partial charge >= 0.3 is 0 Å². The van der Waals surface area contributed by atoms with E-state index >= 15 is 0 Å². The number of nitrogens with two attached hydrogens (primary N) is 1. The van der Waals surface area contributed by atoms with Gasteiger partial charge in [0.05, 0.1) is 12.3 Å². The maximum Gasteiger partial charge on any atom is 0.183 e. The second-order valence-electron chi connectivity index (χ2n) is 8.22. The van der Waals surface area contributed by atoms with Gasteiger partial charge in [-0.05, 0) is 49.3 Å². The average Bonchev–Trinajstić information content (AvgIpc) is 2.86. The van der Waals surface area contributed by atoms with E-state index in [1.54, 1.807) is 14.2 Å². The van der Waals surface area contributed by atoms with Gasteiger partial charge in [-0.1, -0.05) is 61.9 Å². The van der Waals surface area contributed by atoms with Crippen molar-refractivity contribution >= 4 is 0 Å². The summed E-state index contributed by atoms with van der Waals surface area (Å²) in [6.07, 6.45) is 5.98.